The summed E-state index contributed by atoms with van der Waals surface area (Å²) in [4.78, 5) is 52.7. The van der Waals surface area contributed by atoms with Crippen LogP contribution in [0.25, 0.3) is 11.2 Å². The third-order valence-corrected chi connectivity index (χ3v) is 10.2. The van der Waals surface area contributed by atoms with Gasteiger partial charge < -0.3 is 40.8 Å². The number of aliphatic hydroxyl groups excluding tert-OH is 2. The van der Waals surface area contributed by atoms with E-state index in [-0.39, 0.29) is 29.4 Å². The maximum absolute atomic E-state index is 13.3. The minimum atomic E-state index is -5.02. The number of rotatable bonds is 2. The molecular formula is C22H29N9O12P2. The molecular weight excluding hydrogens is 644 g/mol. The highest BCUT2D eigenvalue weighted by atomic mass is 31.2. The van der Waals surface area contributed by atoms with E-state index in [2.05, 4.69) is 24.9 Å². The summed E-state index contributed by atoms with van der Waals surface area (Å²) in [5, 5.41) is 22.3. The van der Waals surface area contributed by atoms with Gasteiger partial charge in [-0.1, -0.05) is 0 Å². The van der Waals surface area contributed by atoms with E-state index < -0.39 is 89.2 Å². The molecule has 0 spiro atoms. The van der Waals surface area contributed by atoms with E-state index >= 15 is 0 Å². The van der Waals surface area contributed by atoms with Gasteiger partial charge in [-0.25, -0.2) is 24.1 Å². The SMILES string of the molecule is Nc1nc2c(ncn2[C@@H]2C[C@@H]3COP(=O)(O)OC4[C@@H](O)[C@H](n5cnc6c5N=CCC6N)O[C@@H]4COP(=O)(O)O[C@H]2C3O)c(=O)[nH]1. The van der Waals surface area contributed by atoms with E-state index in [0.29, 0.717) is 12.1 Å². The first kappa shape index (κ1) is 30.7. The van der Waals surface area contributed by atoms with Crippen molar-refractivity contribution < 1.29 is 52.0 Å². The Balaban J connectivity index is 1.20. The number of aromatic amines is 1. The highest BCUT2D eigenvalue weighted by Crippen LogP contribution is 2.55. The molecule has 3 aromatic rings. The monoisotopic (exact) mass is 673 g/mol. The first-order valence-electron chi connectivity index (χ1n) is 13.7. The van der Waals surface area contributed by atoms with Gasteiger partial charge in [0.25, 0.3) is 5.56 Å². The van der Waals surface area contributed by atoms with Gasteiger partial charge in [0.05, 0.1) is 44.1 Å². The third-order valence-electron chi connectivity index (χ3n) is 8.22. The van der Waals surface area contributed by atoms with Crippen molar-refractivity contribution in [3.63, 3.8) is 0 Å². The summed E-state index contributed by atoms with van der Waals surface area (Å²) in [7, 11) is -9.98. The smallest absolute Gasteiger partial charge is 0.390 e. The number of phosphoric acid groups is 2. The number of hydrogen-bond donors (Lipinski definition) is 7. The molecule has 3 aromatic heterocycles. The second-order valence-corrected chi connectivity index (χ2v) is 13.9. The minimum absolute atomic E-state index is 0.00352. The van der Waals surface area contributed by atoms with E-state index in [0.717, 1.165) is 0 Å². The standard InChI is InChI=1S/C22H29N9O12P2/c23-9-1-2-25-18-12(9)26-7-31(18)21-15(33)17-11(41-21)5-40-45(37,38)42-16-10(3-8(14(16)32)4-39-44(35,36)43-17)30-6-27-13-19(30)28-22(24)29-20(13)34/h2,6-11,14-17,21,32-33H,1,3-5,23H2,(H,35,36)(H,37,38)(H3,24,28,29,34)/t8-,9?,10-,11-,14?,15-,16-,17?,21-/m1/s1. The number of aromatic nitrogens is 6. The van der Waals surface area contributed by atoms with Crippen molar-refractivity contribution in [3.8, 4) is 0 Å². The van der Waals surface area contributed by atoms with Crippen molar-refractivity contribution in [2.45, 2.75) is 61.7 Å². The van der Waals surface area contributed by atoms with Crippen LogP contribution in [0.15, 0.2) is 22.4 Å². The zero-order chi connectivity index (χ0) is 31.8. The van der Waals surface area contributed by atoms with Gasteiger partial charge in [-0.05, 0) is 6.42 Å². The minimum Gasteiger partial charge on any atom is -0.390 e. The van der Waals surface area contributed by atoms with Crippen molar-refractivity contribution in [3.05, 3.63) is 28.7 Å². The number of ether oxygens (including phenoxy) is 1. The number of anilines is 1. The lowest BCUT2D eigenvalue weighted by Gasteiger charge is -2.26. The number of fused-ring (bicyclic) bond motifs is 5. The largest absolute Gasteiger partial charge is 0.472 e. The summed E-state index contributed by atoms with van der Waals surface area (Å²) < 4.78 is 56.2. The van der Waals surface area contributed by atoms with Crippen LogP contribution in [-0.4, -0.2) is 99.0 Å². The molecule has 4 aliphatic rings. The van der Waals surface area contributed by atoms with Crippen molar-refractivity contribution >= 4 is 44.8 Å². The Bertz CT molecular complexity index is 1810. The van der Waals surface area contributed by atoms with Crippen molar-refractivity contribution in [1.82, 2.24) is 29.1 Å². The molecule has 23 heteroatoms. The first-order chi connectivity index (χ1) is 21.3. The summed E-state index contributed by atoms with van der Waals surface area (Å²) >= 11 is 0. The van der Waals surface area contributed by atoms with E-state index in [4.69, 9.17) is 34.3 Å². The van der Waals surface area contributed by atoms with Gasteiger partial charge in [-0.15, -0.1) is 0 Å². The molecule has 244 valence electrons. The molecule has 2 bridgehead atoms. The number of nitrogens with zero attached hydrogens (tertiary/aromatic N) is 6. The highest BCUT2D eigenvalue weighted by molar-refractivity contribution is 7.47. The molecule has 0 amide bonds. The molecule has 3 fully saturated rings. The molecule has 11 atom stereocenters. The number of nitrogens with one attached hydrogen (secondary N) is 1. The number of nitrogen functional groups attached to an aromatic ring is 1. The van der Waals surface area contributed by atoms with Crippen LogP contribution in [0.5, 0.6) is 0 Å². The molecule has 7 rings (SSSR count). The Hall–Kier alpha value is -2.91. The Morgan fingerprint density at radius 2 is 1.71 bits per heavy atom. The Morgan fingerprint density at radius 3 is 2.49 bits per heavy atom. The van der Waals surface area contributed by atoms with Crippen LogP contribution >= 0.6 is 15.6 Å². The van der Waals surface area contributed by atoms with E-state index in [1.165, 1.54) is 21.8 Å². The molecule has 0 aromatic carbocycles. The van der Waals surface area contributed by atoms with Crippen LogP contribution in [0.2, 0.25) is 0 Å². The van der Waals surface area contributed by atoms with Crippen LogP contribution in [0, 0.1) is 5.92 Å². The molecule has 6 heterocycles. The molecule has 3 aliphatic heterocycles. The normalized spacial score (nSPS) is 40.4. The summed E-state index contributed by atoms with van der Waals surface area (Å²) in [6.45, 7) is -1.35. The summed E-state index contributed by atoms with van der Waals surface area (Å²) in [6, 6.07) is -1.44. The predicted octanol–water partition coefficient (Wildman–Crippen LogP) is -1.10. The number of phosphoric ester groups is 2. The lowest BCUT2D eigenvalue weighted by atomic mass is 10.1. The molecule has 45 heavy (non-hydrogen) atoms. The van der Waals surface area contributed by atoms with Gasteiger partial charge >= 0.3 is 15.6 Å². The third kappa shape index (κ3) is 5.47. The highest BCUT2D eigenvalue weighted by Gasteiger charge is 2.53. The Labute approximate surface area is 252 Å². The van der Waals surface area contributed by atoms with Crippen LogP contribution < -0.4 is 17.0 Å². The molecule has 1 aliphatic carbocycles. The van der Waals surface area contributed by atoms with Crippen LogP contribution in [0.4, 0.5) is 11.8 Å². The van der Waals surface area contributed by atoms with Crippen LogP contribution in [-0.2, 0) is 32.0 Å². The zero-order valence-corrected chi connectivity index (χ0v) is 24.8. The number of aliphatic imine (C=N–C) groups is 1. The quantitative estimate of drug-likeness (QED) is 0.159. The number of aliphatic hydroxyl groups is 2. The van der Waals surface area contributed by atoms with Gasteiger partial charge in [-0.2, -0.15) is 4.98 Å². The van der Waals surface area contributed by atoms with Gasteiger partial charge in [-0.3, -0.25) is 32.4 Å². The number of H-pyrrole nitrogens is 1. The zero-order valence-electron chi connectivity index (χ0n) is 23.0. The second-order valence-electron chi connectivity index (χ2n) is 11.1. The van der Waals surface area contributed by atoms with E-state index in [1.807, 2.05) is 0 Å². The van der Waals surface area contributed by atoms with Crippen molar-refractivity contribution in [2.75, 3.05) is 18.9 Å². The van der Waals surface area contributed by atoms with Gasteiger partial charge in [0.15, 0.2) is 23.2 Å². The molecule has 9 N–H and O–H groups in total. The fourth-order valence-electron chi connectivity index (χ4n) is 6.09. The fraction of sp³-hybridized carbons (Fsp3) is 0.591. The lowest BCUT2D eigenvalue weighted by Crippen LogP contribution is -2.36. The van der Waals surface area contributed by atoms with Crippen LogP contribution in [0.1, 0.15) is 36.8 Å². The second kappa shape index (κ2) is 11.1. The molecule has 1 saturated carbocycles. The van der Waals surface area contributed by atoms with Gasteiger partial charge in [0, 0.05) is 18.6 Å². The van der Waals surface area contributed by atoms with E-state index in [1.54, 1.807) is 6.21 Å². The Kier molecular flexibility index (Phi) is 7.59. The topological polar surface area (TPSA) is 307 Å². The average molecular weight is 673 g/mol. The maximum atomic E-state index is 13.3. The van der Waals surface area contributed by atoms with Gasteiger partial charge in [0.1, 0.15) is 30.1 Å². The number of nitrogens with two attached hydrogens (primary N) is 2. The lowest BCUT2D eigenvalue weighted by molar-refractivity contribution is -0.0560. The molecule has 2 saturated heterocycles. The van der Waals surface area contributed by atoms with E-state index in [9.17, 15) is 33.9 Å². The van der Waals surface area contributed by atoms with Crippen molar-refractivity contribution in [1.29, 1.82) is 0 Å². The number of imidazole rings is 2. The summed E-state index contributed by atoms with van der Waals surface area (Å²) in [5.74, 6) is -0.900. The molecule has 5 unspecified atom stereocenters. The summed E-state index contributed by atoms with van der Waals surface area (Å²) in [5.41, 5.74) is 11.5. The molecule has 21 nitrogen and oxygen atoms in total. The summed E-state index contributed by atoms with van der Waals surface area (Å²) in [6.07, 6.45) is -4.45. The first-order valence-corrected chi connectivity index (χ1v) is 16.7. The Morgan fingerprint density at radius 1 is 1.00 bits per heavy atom. The molecule has 0 radical (unpaired) electrons. The van der Waals surface area contributed by atoms with Crippen molar-refractivity contribution in [2.24, 2.45) is 16.6 Å². The number of hydrogen-bond acceptors (Lipinski definition) is 16. The average Bonchev–Trinajstić information content (AvgIpc) is 3.72. The van der Waals surface area contributed by atoms with Gasteiger partial charge in [0.2, 0.25) is 5.95 Å². The predicted molar refractivity (Wildman–Crippen MR) is 149 cm³/mol. The van der Waals surface area contributed by atoms with Crippen LogP contribution in [0.3, 0.4) is 0 Å². The maximum Gasteiger partial charge on any atom is 0.472 e. The fourth-order valence-corrected chi connectivity index (χ4v) is 8.07.